The van der Waals surface area contributed by atoms with Gasteiger partial charge in [-0.1, -0.05) is 12.1 Å². The molecule has 0 heterocycles. The van der Waals surface area contributed by atoms with Gasteiger partial charge in [0, 0.05) is 18.7 Å². The van der Waals surface area contributed by atoms with Crippen LogP contribution in [0.15, 0.2) is 24.3 Å². The van der Waals surface area contributed by atoms with E-state index in [0.29, 0.717) is 24.5 Å². The highest BCUT2D eigenvalue weighted by Gasteiger charge is 2.14. The van der Waals surface area contributed by atoms with Gasteiger partial charge in [0.15, 0.2) is 5.78 Å². The van der Waals surface area contributed by atoms with Crippen molar-refractivity contribution in [3.8, 4) is 5.75 Å². The number of rotatable bonds is 7. The third kappa shape index (κ3) is 4.13. The lowest BCUT2D eigenvalue weighted by Gasteiger charge is -2.23. The van der Waals surface area contributed by atoms with Crippen molar-refractivity contribution in [2.45, 2.75) is 13.0 Å². The molecular formula is C14H21NO3. The Morgan fingerprint density at radius 3 is 2.72 bits per heavy atom. The molecule has 0 fully saturated rings. The maximum Gasteiger partial charge on any atom is 0.176 e. The molecule has 0 N–H and O–H groups in total. The van der Waals surface area contributed by atoms with Crippen LogP contribution in [0.1, 0.15) is 17.3 Å². The summed E-state index contributed by atoms with van der Waals surface area (Å²) >= 11 is 0. The minimum Gasteiger partial charge on any atom is -0.497 e. The van der Waals surface area contributed by atoms with Crippen molar-refractivity contribution in [2.75, 3.05) is 34.4 Å². The molecule has 0 aliphatic rings. The first-order chi connectivity index (χ1) is 8.58. The minimum atomic E-state index is 0.0827. The molecule has 0 aliphatic heterocycles. The summed E-state index contributed by atoms with van der Waals surface area (Å²) in [6, 6.07) is 7.43. The summed E-state index contributed by atoms with van der Waals surface area (Å²) in [6.45, 7) is 3.02. The number of nitrogens with zero attached hydrogens (tertiary/aromatic N) is 1. The Morgan fingerprint density at radius 2 is 2.11 bits per heavy atom. The summed E-state index contributed by atoms with van der Waals surface area (Å²) in [7, 11) is 5.17. The van der Waals surface area contributed by atoms with Crippen LogP contribution in [0.25, 0.3) is 0 Å². The van der Waals surface area contributed by atoms with Crippen molar-refractivity contribution in [2.24, 2.45) is 0 Å². The largest absolute Gasteiger partial charge is 0.497 e. The lowest BCUT2D eigenvalue weighted by Crippen LogP contribution is -2.36. The van der Waals surface area contributed by atoms with E-state index in [-0.39, 0.29) is 11.8 Å². The standard InChI is InChI=1S/C14H21NO3/c1-11(10-17-3)15(2)9-14(16)12-6-5-7-13(8-12)18-4/h5-8,11H,9-10H2,1-4H3. The maximum atomic E-state index is 12.1. The number of hydrogen-bond acceptors (Lipinski definition) is 4. The van der Waals surface area contributed by atoms with Gasteiger partial charge >= 0.3 is 0 Å². The molecule has 1 unspecified atom stereocenters. The van der Waals surface area contributed by atoms with Gasteiger partial charge in [-0.15, -0.1) is 0 Å². The van der Waals surface area contributed by atoms with E-state index in [4.69, 9.17) is 9.47 Å². The smallest absolute Gasteiger partial charge is 0.176 e. The highest BCUT2D eigenvalue weighted by Crippen LogP contribution is 2.13. The Bertz CT molecular complexity index is 392. The van der Waals surface area contributed by atoms with E-state index in [0.717, 1.165) is 0 Å². The van der Waals surface area contributed by atoms with Crippen molar-refractivity contribution in [1.29, 1.82) is 0 Å². The van der Waals surface area contributed by atoms with E-state index in [9.17, 15) is 4.79 Å². The van der Waals surface area contributed by atoms with Gasteiger partial charge in [-0.05, 0) is 26.1 Å². The molecule has 0 saturated carbocycles. The zero-order chi connectivity index (χ0) is 13.5. The number of ether oxygens (including phenoxy) is 2. The minimum absolute atomic E-state index is 0.0827. The van der Waals surface area contributed by atoms with Crippen LogP contribution in [0.5, 0.6) is 5.75 Å². The third-order valence-electron chi connectivity index (χ3n) is 2.95. The Morgan fingerprint density at radius 1 is 1.39 bits per heavy atom. The third-order valence-corrected chi connectivity index (χ3v) is 2.95. The van der Waals surface area contributed by atoms with Crippen LogP contribution in [-0.4, -0.2) is 51.1 Å². The van der Waals surface area contributed by atoms with Crippen LogP contribution in [0, 0.1) is 0 Å². The van der Waals surface area contributed by atoms with E-state index in [1.165, 1.54) is 0 Å². The number of benzene rings is 1. The number of likely N-dealkylation sites (N-methyl/N-ethyl adjacent to an activating group) is 1. The summed E-state index contributed by atoms with van der Waals surface area (Å²) in [6.07, 6.45) is 0. The van der Waals surface area contributed by atoms with Crippen molar-refractivity contribution in [3.05, 3.63) is 29.8 Å². The predicted molar refractivity (Wildman–Crippen MR) is 71.3 cm³/mol. The Kier molecular flexibility index (Phi) is 5.82. The zero-order valence-electron chi connectivity index (χ0n) is 11.5. The summed E-state index contributed by atoms with van der Waals surface area (Å²) in [5, 5.41) is 0. The molecule has 0 amide bonds. The van der Waals surface area contributed by atoms with E-state index >= 15 is 0 Å². The molecule has 1 aromatic carbocycles. The second-order valence-corrected chi connectivity index (χ2v) is 4.37. The van der Waals surface area contributed by atoms with Crippen LogP contribution in [0.2, 0.25) is 0 Å². The lowest BCUT2D eigenvalue weighted by atomic mass is 10.1. The van der Waals surface area contributed by atoms with Crippen LogP contribution in [0.3, 0.4) is 0 Å². The second kappa shape index (κ2) is 7.13. The van der Waals surface area contributed by atoms with Gasteiger partial charge in [-0.3, -0.25) is 9.69 Å². The molecule has 0 aliphatic carbocycles. The summed E-state index contributed by atoms with van der Waals surface area (Å²) < 4.78 is 10.2. The predicted octanol–water partition coefficient (Wildman–Crippen LogP) is 1.84. The Labute approximate surface area is 108 Å². The van der Waals surface area contributed by atoms with Crippen molar-refractivity contribution in [1.82, 2.24) is 4.90 Å². The fourth-order valence-corrected chi connectivity index (χ4v) is 1.64. The fraction of sp³-hybridized carbons (Fsp3) is 0.500. The van der Waals surface area contributed by atoms with Gasteiger partial charge in [0.25, 0.3) is 0 Å². The lowest BCUT2D eigenvalue weighted by molar-refractivity contribution is 0.0841. The van der Waals surface area contributed by atoms with Crippen LogP contribution in [-0.2, 0) is 4.74 Å². The quantitative estimate of drug-likeness (QED) is 0.693. The number of ketones is 1. The average molecular weight is 251 g/mol. The Hall–Kier alpha value is -1.39. The summed E-state index contributed by atoms with van der Waals surface area (Å²) in [4.78, 5) is 14.1. The van der Waals surface area contributed by atoms with E-state index in [2.05, 4.69) is 0 Å². The van der Waals surface area contributed by atoms with E-state index in [1.54, 1.807) is 26.4 Å². The van der Waals surface area contributed by atoms with Gasteiger partial charge in [-0.25, -0.2) is 0 Å². The Balaban J connectivity index is 2.64. The fourth-order valence-electron chi connectivity index (χ4n) is 1.64. The molecule has 1 rings (SSSR count). The van der Waals surface area contributed by atoms with Gasteiger partial charge < -0.3 is 9.47 Å². The number of carbonyl (C=O) groups excluding carboxylic acids is 1. The highest BCUT2D eigenvalue weighted by molar-refractivity contribution is 5.97. The second-order valence-electron chi connectivity index (χ2n) is 4.37. The number of hydrogen-bond donors (Lipinski definition) is 0. The molecular weight excluding hydrogens is 230 g/mol. The first kappa shape index (κ1) is 14.7. The number of carbonyl (C=O) groups is 1. The van der Waals surface area contributed by atoms with Crippen molar-refractivity contribution < 1.29 is 14.3 Å². The van der Waals surface area contributed by atoms with Crippen LogP contribution in [0.4, 0.5) is 0 Å². The average Bonchev–Trinajstić information content (AvgIpc) is 2.39. The van der Waals surface area contributed by atoms with Crippen LogP contribution < -0.4 is 4.74 Å². The summed E-state index contributed by atoms with van der Waals surface area (Å²) in [5.74, 6) is 0.785. The molecule has 0 spiro atoms. The molecule has 4 nitrogen and oxygen atoms in total. The van der Waals surface area contributed by atoms with Gasteiger partial charge in [-0.2, -0.15) is 0 Å². The molecule has 1 atom stereocenters. The van der Waals surface area contributed by atoms with Crippen molar-refractivity contribution >= 4 is 5.78 Å². The maximum absolute atomic E-state index is 12.1. The monoisotopic (exact) mass is 251 g/mol. The topological polar surface area (TPSA) is 38.8 Å². The first-order valence-corrected chi connectivity index (χ1v) is 5.95. The molecule has 0 saturated heterocycles. The first-order valence-electron chi connectivity index (χ1n) is 5.95. The van der Waals surface area contributed by atoms with Crippen LogP contribution >= 0.6 is 0 Å². The van der Waals surface area contributed by atoms with E-state index in [1.807, 2.05) is 31.0 Å². The zero-order valence-corrected chi connectivity index (χ0v) is 11.5. The normalized spacial score (nSPS) is 12.5. The molecule has 0 radical (unpaired) electrons. The molecule has 1 aromatic rings. The molecule has 100 valence electrons. The molecule has 4 heteroatoms. The van der Waals surface area contributed by atoms with Gasteiger partial charge in [0.05, 0.1) is 20.3 Å². The number of Topliss-reactive ketones (excluding diaryl/α,β-unsaturated/α-hetero) is 1. The highest BCUT2D eigenvalue weighted by atomic mass is 16.5. The number of methoxy groups -OCH3 is 2. The van der Waals surface area contributed by atoms with Gasteiger partial charge in [0.2, 0.25) is 0 Å². The molecule has 0 aromatic heterocycles. The van der Waals surface area contributed by atoms with Crippen molar-refractivity contribution in [3.63, 3.8) is 0 Å². The molecule has 0 bridgehead atoms. The SMILES string of the molecule is COCC(C)N(C)CC(=O)c1cccc(OC)c1. The van der Waals surface area contributed by atoms with Gasteiger partial charge in [0.1, 0.15) is 5.75 Å². The molecule has 18 heavy (non-hydrogen) atoms. The summed E-state index contributed by atoms with van der Waals surface area (Å²) in [5.41, 5.74) is 0.672. The van der Waals surface area contributed by atoms with E-state index < -0.39 is 0 Å².